The number of benzene rings is 1. The number of hydrogen-bond acceptors (Lipinski definition) is 2. The van der Waals surface area contributed by atoms with Gasteiger partial charge in [-0.1, -0.05) is 0 Å². The van der Waals surface area contributed by atoms with Crippen molar-refractivity contribution >= 4 is 33.4 Å². The molecule has 0 atom stereocenters. The molecule has 0 bridgehead atoms. The van der Waals surface area contributed by atoms with Gasteiger partial charge in [-0.25, -0.2) is 9.29 Å². The standard InChI is InChI=1S/C12H9BrFNO2/c1-6-7(2)12(17)15(11(6)16)8-3-4-10(14)9(13)5-8/h3-5H,1-2H3. The minimum atomic E-state index is -0.436. The Kier molecular flexibility index (Phi) is 2.87. The highest BCUT2D eigenvalue weighted by molar-refractivity contribution is 9.10. The van der Waals surface area contributed by atoms with Gasteiger partial charge in [0.05, 0.1) is 10.2 Å². The van der Waals surface area contributed by atoms with Gasteiger partial charge in [0.1, 0.15) is 5.82 Å². The Labute approximate surface area is 106 Å². The summed E-state index contributed by atoms with van der Waals surface area (Å²) in [6.07, 6.45) is 0. The van der Waals surface area contributed by atoms with E-state index >= 15 is 0 Å². The van der Waals surface area contributed by atoms with Gasteiger partial charge in [0.15, 0.2) is 0 Å². The normalized spacial score (nSPS) is 16.1. The molecular formula is C12H9BrFNO2. The molecule has 0 radical (unpaired) electrons. The first-order chi connectivity index (χ1) is 7.93. The first kappa shape index (κ1) is 12.0. The van der Waals surface area contributed by atoms with E-state index in [2.05, 4.69) is 15.9 Å². The highest BCUT2D eigenvalue weighted by atomic mass is 79.9. The summed E-state index contributed by atoms with van der Waals surface area (Å²) in [4.78, 5) is 24.8. The molecule has 0 saturated carbocycles. The van der Waals surface area contributed by atoms with Crippen LogP contribution in [0.2, 0.25) is 0 Å². The van der Waals surface area contributed by atoms with Crippen LogP contribution in [0.25, 0.3) is 0 Å². The smallest absolute Gasteiger partial charge is 0.261 e. The van der Waals surface area contributed by atoms with E-state index in [4.69, 9.17) is 0 Å². The van der Waals surface area contributed by atoms with Crippen molar-refractivity contribution in [2.24, 2.45) is 0 Å². The lowest BCUT2D eigenvalue weighted by Gasteiger charge is -2.15. The Morgan fingerprint density at radius 3 is 2.12 bits per heavy atom. The number of carbonyl (C=O) groups is 2. The average Bonchev–Trinajstić information content (AvgIpc) is 2.48. The lowest BCUT2D eigenvalue weighted by Crippen LogP contribution is -2.31. The predicted octanol–water partition coefficient (Wildman–Crippen LogP) is 2.80. The van der Waals surface area contributed by atoms with Crippen LogP contribution in [0.1, 0.15) is 13.8 Å². The molecule has 0 fully saturated rings. The first-order valence-electron chi connectivity index (χ1n) is 4.95. The number of nitrogens with zero attached hydrogens (tertiary/aromatic N) is 1. The number of imide groups is 1. The summed E-state index contributed by atoms with van der Waals surface area (Å²) in [5.41, 5.74) is 1.22. The maximum Gasteiger partial charge on any atom is 0.261 e. The minimum Gasteiger partial charge on any atom is -0.269 e. The van der Waals surface area contributed by atoms with Gasteiger partial charge in [0.25, 0.3) is 11.8 Å². The minimum absolute atomic E-state index is 0.220. The first-order valence-corrected chi connectivity index (χ1v) is 5.74. The Balaban J connectivity index is 2.47. The number of anilines is 1. The third-order valence-electron chi connectivity index (χ3n) is 2.77. The predicted molar refractivity (Wildman–Crippen MR) is 65.0 cm³/mol. The second-order valence-corrected chi connectivity index (χ2v) is 4.65. The van der Waals surface area contributed by atoms with Crippen molar-refractivity contribution in [2.45, 2.75) is 13.8 Å². The molecule has 0 aliphatic carbocycles. The Bertz CT molecular complexity index is 542. The molecule has 1 aromatic rings. The van der Waals surface area contributed by atoms with E-state index in [9.17, 15) is 14.0 Å². The molecule has 2 rings (SSSR count). The summed E-state index contributed by atoms with van der Waals surface area (Å²) < 4.78 is 13.3. The highest BCUT2D eigenvalue weighted by Gasteiger charge is 2.34. The fraction of sp³-hybridized carbons (Fsp3) is 0.167. The molecule has 0 saturated heterocycles. The molecule has 0 unspecified atom stereocenters. The Morgan fingerprint density at radius 1 is 1.12 bits per heavy atom. The molecule has 0 spiro atoms. The zero-order chi connectivity index (χ0) is 12.7. The molecule has 0 aromatic heterocycles. The summed E-state index contributed by atoms with van der Waals surface area (Å²) >= 11 is 3.03. The van der Waals surface area contributed by atoms with E-state index in [0.717, 1.165) is 4.90 Å². The second-order valence-electron chi connectivity index (χ2n) is 3.79. The summed E-state index contributed by atoms with van der Waals surface area (Å²) in [6.45, 7) is 3.21. The summed E-state index contributed by atoms with van der Waals surface area (Å²) in [5, 5.41) is 0. The van der Waals surface area contributed by atoms with Crippen LogP contribution in [0.4, 0.5) is 10.1 Å². The lowest BCUT2D eigenvalue weighted by atomic mass is 10.2. The van der Waals surface area contributed by atoms with Crippen molar-refractivity contribution < 1.29 is 14.0 Å². The lowest BCUT2D eigenvalue weighted by molar-refractivity contribution is -0.120. The molecule has 0 N–H and O–H groups in total. The summed E-state index contributed by atoms with van der Waals surface area (Å²) in [5.74, 6) is -1.15. The highest BCUT2D eigenvalue weighted by Crippen LogP contribution is 2.29. The molecule has 5 heteroatoms. The van der Waals surface area contributed by atoms with Crippen LogP contribution >= 0.6 is 15.9 Å². The van der Waals surface area contributed by atoms with Gasteiger partial charge in [-0.2, -0.15) is 0 Å². The van der Waals surface area contributed by atoms with Crippen molar-refractivity contribution in [3.63, 3.8) is 0 Å². The quantitative estimate of drug-likeness (QED) is 0.748. The fourth-order valence-electron chi connectivity index (χ4n) is 1.61. The van der Waals surface area contributed by atoms with Crippen LogP contribution in [0.15, 0.2) is 33.8 Å². The van der Waals surface area contributed by atoms with Gasteiger partial charge < -0.3 is 0 Å². The summed E-state index contributed by atoms with van der Waals surface area (Å²) in [7, 11) is 0. The monoisotopic (exact) mass is 297 g/mol. The van der Waals surface area contributed by atoms with E-state index in [0.29, 0.717) is 16.8 Å². The van der Waals surface area contributed by atoms with E-state index < -0.39 is 5.82 Å². The largest absolute Gasteiger partial charge is 0.269 e. The zero-order valence-corrected chi connectivity index (χ0v) is 10.8. The number of amides is 2. The molecule has 1 aliphatic rings. The van der Waals surface area contributed by atoms with Gasteiger partial charge in [-0.05, 0) is 48.0 Å². The zero-order valence-electron chi connectivity index (χ0n) is 9.25. The van der Waals surface area contributed by atoms with Crippen LogP contribution in [0, 0.1) is 5.82 Å². The SMILES string of the molecule is CC1=C(C)C(=O)N(c2ccc(F)c(Br)c2)C1=O. The molecule has 88 valence electrons. The summed E-state index contributed by atoms with van der Waals surface area (Å²) in [6, 6.07) is 4.03. The van der Waals surface area contributed by atoms with E-state index in [1.165, 1.54) is 18.2 Å². The van der Waals surface area contributed by atoms with Crippen molar-refractivity contribution in [1.82, 2.24) is 0 Å². The molecule has 1 aliphatic heterocycles. The second kappa shape index (κ2) is 4.07. The third-order valence-corrected chi connectivity index (χ3v) is 3.38. The topological polar surface area (TPSA) is 37.4 Å². The average molecular weight is 298 g/mol. The van der Waals surface area contributed by atoms with Gasteiger partial charge in [0, 0.05) is 11.1 Å². The van der Waals surface area contributed by atoms with Gasteiger partial charge in [0.2, 0.25) is 0 Å². The van der Waals surface area contributed by atoms with E-state index in [1.54, 1.807) is 13.8 Å². The van der Waals surface area contributed by atoms with Crippen molar-refractivity contribution in [3.8, 4) is 0 Å². The number of carbonyl (C=O) groups excluding carboxylic acids is 2. The van der Waals surface area contributed by atoms with E-state index in [-0.39, 0.29) is 16.3 Å². The maximum atomic E-state index is 13.1. The van der Waals surface area contributed by atoms with Gasteiger partial charge in [-0.15, -0.1) is 0 Å². The molecule has 2 amide bonds. The molecule has 1 heterocycles. The van der Waals surface area contributed by atoms with Crippen LogP contribution in [-0.2, 0) is 9.59 Å². The number of hydrogen-bond donors (Lipinski definition) is 0. The van der Waals surface area contributed by atoms with E-state index in [1.807, 2.05) is 0 Å². The van der Waals surface area contributed by atoms with Crippen molar-refractivity contribution in [3.05, 3.63) is 39.6 Å². The molecule has 1 aromatic carbocycles. The Morgan fingerprint density at radius 2 is 1.65 bits per heavy atom. The van der Waals surface area contributed by atoms with Crippen molar-refractivity contribution in [1.29, 1.82) is 0 Å². The van der Waals surface area contributed by atoms with Crippen LogP contribution in [0.3, 0.4) is 0 Å². The van der Waals surface area contributed by atoms with Crippen LogP contribution < -0.4 is 4.90 Å². The molecule has 17 heavy (non-hydrogen) atoms. The third kappa shape index (κ3) is 1.80. The molecular weight excluding hydrogens is 289 g/mol. The van der Waals surface area contributed by atoms with Gasteiger partial charge in [-0.3, -0.25) is 9.59 Å². The van der Waals surface area contributed by atoms with Gasteiger partial charge >= 0.3 is 0 Å². The number of rotatable bonds is 1. The number of halogens is 2. The fourth-order valence-corrected chi connectivity index (χ4v) is 1.97. The van der Waals surface area contributed by atoms with Crippen LogP contribution in [-0.4, -0.2) is 11.8 Å². The van der Waals surface area contributed by atoms with Crippen LogP contribution in [0.5, 0.6) is 0 Å². The molecule has 3 nitrogen and oxygen atoms in total. The van der Waals surface area contributed by atoms with Crippen molar-refractivity contribution in [2.75, 3.05) is 4.90 Å². The Hall–Kier alpha value is -1.49. The maximum absolute atomic E-state index is 13.1.